The average molecular weight is 236 g/mol. The van der Waals surface area contributed by atoms with Crippen LogP contribution in [0.4, 0.5) is 0 Å². The molecule has 0 unspecified atom stereocenters. The smallest absolute Gasteiger partial charge is 0.189 e. The van der Waals surface area contributed by atoms with Gasteiger partial charge in [0.15, 0.2) is 5.11 Å². The minimum absolute atomic E-state index is 0.605. The van der Waals surface area contributed by atoms with Crippen LogP contribution in [0.2, 0.25) is 0 Å². The highest BCUT2D eigenvalue weighted by molar-refractivity contribution is 7.80. The number of nitrogens with one attached hydrogen (secondary N) is 1. The van der Waals surface area contributed by atoms with E-state index in [0.29, 0.717) is 5.11 Å². The van der Waals surface area contributed by atoms with Gasteiger partial charge in [0.05, 0.1) is 0 Å². The zero-order valence-electron chi connectivity index (χ0n) is 9.39. The number of nitrogens with zero attached hydrogens (tertiary/aromatic N) is 3. The van der Waals surface area contributed by atoms with Crippen LogP contribution in [0.5, 0.6) is 0 Å². The summed E-state index contributed by atoms with van der Waals surface area (Å²) in [6, 6.07) is 3.96. The molecule has 1 aromatic rings. The van der Waals surface area contributed by atoms with Gasteiger partial charge >= 0.3 is 0 Å². The summed E-state index contributed by atoms with van der Waals surface area (Å²) in [6.07, 6.45) is 4.59. The topological polar surface area (TPSA) is 40.5 Å². The van der Waals surface area contributed by atoms with Gasteiger partial charge in [0.25, 0.3) is 0 Å². The molecular weight excluding hydrogens is 220 g/mol. The predicted octanol–water partition coefficient (Wildman–Crippen LogP) is 1.78. The van der Waals surface area contributed by atoms with Crippen LogP contribution in [0.1, 0.15) is 18.9 Å². The van der Waals surface area contributed by atoms with Crippen molar-refractivity contribution in [2.24, 2.45) is 5.10 Å². The molecule has 0 fully saturated rings. The normalized spacial score (nSPS) is 9.56. The van der Waals surface area contributed by atoms with Gasteiger partial charge in [-0.05, 0) is 36.3 Å². The minimum atomic E-state index is 0.605. The first kappa shape index (κ1) is 12.6. The lowest BCUT2D eigenvalue weighted by Crippen LogP contribution is -2.37. The van der Waals surface area contributed by atoms with Crippen molar-refractivity contribution < 1.29 is 0 Å². The Kier molecular flexibility index (Phi) is 5.42. The van der Waals surface area contributed by atoms with Crippen LogP contribution in [-0.2, 0) is 6.54 Å². The molecule has 0 aliphatic rings. The molecule has 1 aromatic heterocycles. The zero-order chi connectivity index (χ0) is 11.8. The van der Waals surface area contributed by atoms with E-state index in [-0.39, 0.29) is 0 Å². The van der Waals surface area contributed by atoms with Crippen LogP contribution in [0.15, 0.2) is 29.6 Å². The molecule has 0 aliphatic heterocycles. The van der Waals surface area contributed by atoms with E-state index in [4.69, 9.17) is 12.2 Å². The SMILES string of the molecule is C=NNC(=S)N(CCC)Cc1ccncc1. The minimum Gasteiger partial charge on any atom is -0.344 e. The number of thiocarbonyl (C=S) groups is 1. The highest BCUT2D eigenvalue weighted by atomic mass is 32.1. The van der Waals surface area contributed by atoms with Crippen LogP contribution in [0.25, 0.3) is 0 Å². The summed E-state index contributed by atoms with van der Waals surface area (Å²) < 4.78 is 0. The largest absolute Gasteiger partial charge is 0.344 e. The van der Waals surface area contributed by atoms with Crippen LogP contribution in [0, 0.1) is 0 Å². The van der Waals surface area contributed by atoms with Crippen molar-refractivity contribution in [3.8, 4) is 0 Å². The van der Waals surface area contributed by atoms with Gasteiger partial charge in [-0.15, -0.1) is 0 Å². The Morgan fingerprint density at radius 1 is 1.56 bits per heavy atom. The first-order chi connectivity index (χ1) is 7.77. The molecule has 0 spiro atoms. The second kappa shape index (κ2) is 6.90. The molecule has 0 atom stereocenters. The molecular formula is C11H16N4S. The third-order valence-electron chi connectivity index (χ3n) is 2.08. The van der Waals surface area contributed by atoms with E-state index < -0.39 is 0 Å². The summed E-state index contributed by atoms with van der Waals surface area (Å²) in [5, 5.41) is 4.19. The first-order valence-electron chi connectivity index (χ1n) is 5.17. The second-order valence-electron chi connectivity index (χ2n) is 3.35. The molecule has 1 N–H and O–H groups in total. The molecule has 4 nitrogen and oxygen atoms in total. The monoisotopic (exact) mass is 236 g/mol. The third-order valence-corrected chi connectivity index (χ3v) is 2.43. The van der Waals surface area contributed by atoms with Crippen molar-refractivity contribution in [2.45, 2.75) is 19.9 Å². The highest BCUT2D eigenvalue weighted by Crippen LogP contribution is 2.04. The van der Waals surface area contributed by atoms with Crippen molar-refractivity contribution in [3.63, 3.8) is 0 Å². The fourth-order valence-corrected chi connectivity index (χ4v) is 1.59. The van der Waals surface area contributed by atoms with Crippen LogP contribution >= 0.6 is 12.2 Å². The Balaban J connectivity index is 2.64. The van der Waals surface area contributed by atoms with Gasteiger partial charge in [0.2, 0.25) is 0 Å². The fourth-order valence-electron chi connectivity index (χ4n) is 1.37. The molecule has 0 aromatic carbocycles. The van der Waals surface area contributed by atoms with Crippen molar-refractivity contribution in [2.75, 3.05) is 6.54 Å². The lowest BCUT2D eigenvalue weighted by molar-refractivity contribution is 0.406. The van der Waals surface area contributed by atoms with Gasteiger partial charge in [-0.1, -0.05) is 6.92 Å². The molecule has 0 radical (unpaired) electrons. The molecule has 0 bridgehead atoms. The van der Waals surface area contributed by atoms with E-state index in [1.165, 1.54) is 5.56 Å². The van der Waals surface area contributed by atoms with Crippen LogP contribution in [-0.4, -0.2) is 28.3 Å². The number of pyridine rings is 1. The van der Waals surface area contributed by atoms with Crippen molar-refractivity contribution in [1.29, 1.82) is 0 Å². The summed E-state index contributed by atoms with van der Waals surface area (Å²) in [7, 11) is 0. The quantitative estimate of drug-likeness (QED) is 0.481. The highest BCUT2D eigenvalue weighted by Gasteiger charge is 2.08. The Labute approximate surface area is 101 Å². The summed E-state index contributed by atoms with van der Waals surface area (Å²) in [6.45, 7) is 7.13. The number of aromatic nitrogens is 1. The number of hydrogen-bond acceptors (Lipinski definition) is 3. The van der Waals surface area contributed by atoms with E-state index in [9.17, 15) is 0 Å². The van der Waals surface area contributed by atoms with E-state index in [1.54, 1.807) is 12.4 Å². The Bertz CT molecular complexity index is 339. The Morgan fingerprint density at radius 3 is 2.81 bits per heavy atom. The van der Waals surface area contributed by atoms with Crippen LogP contribution in [0.3, 0.4) is 0 Å². The number of hydrogen-bond donors (Lipinski definition) is 1. The van der Waals surface area contributed by atoms with Gasteiger partial charge < -0.3 is 4.90 Å². The Morgan fingerprint density at radius 2 is 2.25 bits per heavy atom. The van der Waals surface area contributed by atoms with E-state index in [1.807, 2.05) is 12.1 Å². The van der Waals surface area contributed by atoms with Gasteiger partial charge in [-0.25, -0.2) is 0 Å². The number of rotatable bonds is 5. The summed E-state index contributed by atoms with van der Waals surface area (Å²) in [4.78, 5) is 6.04. The summed E-state index contributed by atoms with van der Waals surface area (Å²) >= 11 is 5.20. The maximum atomic E-state index is 5.20. The second-order valence-corrected chi connectivity index (χ2v) is 3.74. The van der Waals surface area contributed by atoms with E-state index >= 15 is 0 Å². The van der Waals surface area contributed by atoms with Crippen molar-refractivity contribution >= 4 is 24.0 Å². The third kappa shape index (κ3) is 3.94. The molecule has 0 aliphatic carbocycles. The zero-order valence-corrected chi connectivity index (χ0v) is 10.2. The van der Waals surface area contributed by atoms with Gasteiger partial charge in [0.1, 0.15) is 0 Å². The van der Waals surface area contributed by atoms with Crippen molar-refractivity contribution in [1.82, 2.24) is 15.3 Å². The lowest BCUT2D eigenvalue weighted by atomic mass is 10.2. The van der Waals surface area contributed by atoms with Crippen molar-refractivity contribution in [3.05, 3.63) is 30.1 Å². The Hall–Kier alpha value is -1.49. The van der Waals surface area contributed by atoms with Gasteiger partial charge in [-0.2, -0.15) is 5.10 Å². The van der Waals surface area contributed by atoms with E-state index in [2.05, 4.69) is 34.1 Å². The molecule has 0 amide bonds. The first-order valence-corrected chi connectivity index (χ1v) is 5.58. The fraction of sp³-hybridized carbons (Fsp3) is 0.364. The average Bonchev–Trinajstić information content (AvgIpc) is 2.30. The molecule has 0 saturated heterocycles. The molecule has 16 heavy (non-hydrogen) atoms. The summed E-state index contributed by atoms with van der Waals surface area (Å²) in [5.74, 6) is 0. The standard InChI is InChI=1S/C11H16N4S/c1-3-8-15(11(16)14-12-2)9-10-4-6-13-7-5-10/h4-7H,2-3,8-9H2,1H3,(H,14,16). The molecule has 1 heterocycles. The molecule has 1 rings (SSSR count). The summed E-state index contributed by atoms with van der Waals surface area (Å²) in [5.41, 5.74) is 3.88. The predicted molar refractivity (Wildman–Crippen MR) is 70.2 cm³/mol. The number of hydrazone groups is 1. The molecule has 0 saturated carbocycles. The van der Waals surface area contributed by atoms with Crippen LogP contribution < -0.4 is 5.43 Å². The lowest BCUT2D eigenvalue weighted by Gasteiger charge is -2.23. The van der Waals surface area contributed by atoms with Gasteiger partial charge in [-0.3, -0.25) is 10.4 Å². The molecule has 5 heteroatoms. The molecule has 86 valence electrons. The van der Waals surface area contributed by atoms with Gasteiger partial charge in [0, 0.05) is 32.2 Å². The van der Waals surface area contributed by atoms with E-state index in [0.717, 1.165) is 19.5 Å². The maximum absolute atomic E-state index is 5.20. The maximum Gasteiger partial charge on any atom is 0.189 e.